The lowest BCUT2D eigenvalue weighted by Gasteiger charge is -2.36. The maximum absolute atomic E-state index is 13.4. The van der Waals surface area contributed by atoms with Gasteiger partial charge in [-0.15, -0.1) is 0 Å². The highest BCUT2D eigenvalue weighted by molar-refractivity contribution is 5.88. The molecule has 2 amide bonds. The highest BCUT2D eigenvalue weighted by Gasteiger charge is 2.55. The molecule has 7 nitrogen and oxygen atoms in total. The van der Waals surface area contributed by atoms with E-state index >= 15 is 0 Å². The number of rotatable bonds is 7. The molecule has 2 aliphatic heterocycles. The Labute approximate surface area is 199 Å². The van der Waals surface area contributed by atoms with Crippen LogP contribution in [0.1, 0.15) is 62.5 Å². The Kier molecular flexibility index (Phi) is 5.80. The van der Waals surface area contributed by atoms with E-state index in [4.69, 9.17) is 4.74 Å². The Balaban J connectivity index is 1.26. The van der Waals surface area contributed by atoms with Crippen LogP contribution in [-0.2, 0) is 14.3 Å². The van der Waals surface area contributed by atoms with Gasteiger partial charge in [0.1, 0.15) is 12.6 Å². The Morgan fingerprint density at radius 1 is 1.06 bits per heavy atom. The predicted molar refractivity (Wildman–Crippen MR) is 126 cm³/mol. The number of carbonyl (C=O) groups is 3. The molecule has 2 aromatic carbocycles. The van der Waals surface area contributed by atoms with Crippen LogP contribution in [-0.4, -0.2) is 52.2 Å². The number of hydrogen-bond acceptors (Lipinski definition) is 4. The van der Waals surface area contributed by atoms with Crippen molar-refractivity contribution < 1.29 is 24.2 Å². The number of amides is 2. The van der Waals surface area contributed by atoms with Crippen LogP contribution in [0.4, 0.5) is 4.79 Å². The maximum Gasteiger partial charge on any atom is 0.407 e. The van der Waals surface area contributed by atoms with Gasteiger partial charge in [0.05, 0.1) is 12.0 Å². The second-order valence-corrected chi connectivity index (χ2v) is 9.66. The van der Waals surface area contributed by atoms with Crippen LogP contribution >= 0.6 is 0 Å². The molecule has 0 radical (unpaired) electrons. The number of fused-ring (bicyclic) bond motifs is 5. The standard InChI is InChI=1S/C27H30N2O5/c1-2-23(25(32)29-17-11-13-27(29,14-12-17)15-24(30)31)28-26(33)34-16-22-20-9-5-3-7-18(20)19-8-4-6-10-21(19)22/h3-10,17,22-23H,2,11-16H2,1H3,(H,28,33)(H,30,31). The molecule has 2 bridgehead atoms. The first-order valence-corrected chi connectivity index (χ1v) is 12.1. The third kappa shape index (κ3) is 3.73. The van der Waals surface area contributed by atoms with Crippen LogP contribution in [0.2, 0.25) is 0 Å². The Morgan fingerprint density at radius 3 is 2.21 bits per heavy atom. The third-order valence-electron chi connectivity index (χ3n) is 7.82. The number of ether oxygens (including phenoxy) is 1. The molecule has 178 valence electrons. The zero-order chi connectivity index (χ0) is 23.9. The highest BCUT2D eigenvalue weighted by Crippen LogP contribution is 2.49. The number of carboxylic acids is 1. The topological polar surface area (TPSA) is 95.9 Å². The molecular formula is C27H30N2O5. The third-order valence-corrected chi connectivity index (χ3v) is 7.82. The van der Waals surface area contributed by atoms with Gasteiger partial charge in [0.25, 0.3) is 0 Å². The van der Waals surface area contributed by atoms with Crippen LogP contribution in [0.5, 0.6) is 0 Å². The van der Waals surface area contributed by atoms with Gasteiger partial charge in [0.2, 0.25) is 5.91 Å². The summed E-state index contributed by atoms with van der Waals surface area (Å²) in [6.07, 6.45) is 2.79. The molecule has 2 aromatic rings. The van der Waals surface area contributed by atoms with E-state index in [0.717, 1.165) is 35.1 Å². The fourth-order valence-electron chi connectivity index (χ4n) is 6.27. The smallest absolute Gasteiger partial charge is 0.407 e. The van der Waals surface area contributed by atoms with Crippen molar-refractivity contribution in [2.24, 2.45) is 0 Å². The fourth-order valence-corrected chi connectivity index (χ4v) is 6.27. The number of benzene rings is 2. The van der Waals surface area contributed by atoms with Gasteiger partial charge in [-0.05, 0) is 54.4 Å². The molecule has 7 heteroatoms. The molecule has 0 aromatic heterocycles. The molecule has 1 unspecified atom stereocenters. The lowest BCUT2D eigenvalue weighted by atomic mass is 9.85. The molecule has 5 rings (SSSR count). The fraction of sp³-hybridized carbons (Fsp3) is 0.444. The molecule has 1 atom stereocenters. The number of carboxylic acid groups (broad SMARTS) is 1. The second-order valence-electron chi connectivity index (χ2n) is 9.66. The first kappa shape index (κ1) is 22.4. The molecular weight excluding hydrogens is 432 g/mol. The number of nitrogens with zero attached hydrogens (tertiary/aromatic N) is 1. The first-order chi connectivity index (χ1) is 16.4. The quantitative estimate of drug-likeness (QED) is 0.640. The van der Waals surface area contributed by atoms with Crippen LogP contribution in [0.25, 0.3) is 11.1 Å². The molecule has 2 saturated heterocycles. The van der Waals surface area contributed by atoms with Crippen molar-refractivity contribution in [2.45, 2.75) is 69.0 Å². The number of hydrogen-bond donors (Lipinski definition) is 2. The highest BCUT2D eigenvalue weighted by atomic mass is 16.5. The zero-order valence-corrected chi connectivity index (χ0v) is 19.3. The van der Waals surface area contributed by atoms with Crippen molar-refractivity contribution in [3.8, 4) is 11.1 Å². The zero-order valence-electron chi connectivity index (χ0n) is 19.3. The predicted octanol–water partition coefficient (Wildman–Crippen LogP) is 4.30. The van der Waals surface area contributed by atoms with Gasteiger partial charge < -0.3 is 20.1 Å². The van der Waals surface area contributed by atoms with Crippen molar-refractivity contribution in [1.82, 2.24) is 10.2 Å². The number of nitrogens with one attached hydrogen (secondary N) is 1. The minimum absolute atomic E-state index is 0.0450. The summed E-state index contributed by atoms with van der Waals surface area (Å²) in [5.41, 5.74) is 3.95. The summed E-state index contributed by atoms with van der Waals surface area (Å²) in [5.74, 6) is -1.14. The average molecular weight is 463 g/mol. The van der Waals surface area contributed by atoms with Crippen LogP contribution < -0.4 is 5.32 Å². The lowest BCUT2D eigenvalue weighted by Crippen LogP contribution is -2.54. The first-order valence-electron chi connectivity index (χ1n) is 12.1. The van der Waals surface area contributed by atoms with E-state index in [9.17, 15) is 19.5 Å². The van der Waals surface area contributed by atoms with Crippen LogP contribution in [0.3, 0.4) is 0 Å². The molecule has 2 heterocycles. The van der Waals surface area contributed by atoms with E-state index in [-0.39, 0.29) is 30.9 Å². The molecule has 3 aliphatic rings. The average Bonchev–Trinajstić information content (AvgIpc) is 3.47. The van der Waals surface area contributed by atoms with Crippen LogP contribution in [0, 0.1) is 0 Å². The summed E-state index contributed by atoms with van der Waals surface area (Å²) >= 11 is 0. The van der Waals surface area contributed by atoms with E-state index in [0.29, 0.717) is 19.3 Å². The lowest BCUT2D eigenvalue weighted by molar-refractivity contribution is -0.144. The summed E-state index contributed by atoms with van der Waals surface area (Å²) in [4.78, 5) is 39.4. The number of alkyl carbamates (subject to hydrolysis) is 1. The van der Waals surface area contributed by atoms with Crippen LogP contribution in [0.15, 0.2) is 48.5 Å². The van der Waals surface area contributed by atoms with Crippen molar-refractivity contribution >= 4 is 18.0 Å². The van der Waals surface area contributed by atoms with Crippen molar-refractivity contribution in [3.05, 3.63) is 59.7 Å². The Bertz CT molecular complexity index is 1080. The van der Waals surface area contributed by atoms with E-state index in [1.165, 1.54) is 0 Å². The molecule has 1 aliphatic carbocycles. The van der Waals surface area contributed by atoms with E-state index < -0.39 is 23.6 Å². The maximum atomic E-state index is 13.4. The summed E-state index contributed by atoms with van der Waals surface area (Å²) in [5, 5.41) is 12.2. The largest absolute Gasteiger partial charge is 0.481 e. The molecule has 2 N–H and O–H groups in total. The van der Waals surface area contributed by atoms with Gasteiger partial charge in [0, 0.05) is 12.0 Å². The van der Waals surface area contributed by atoms with E-state index in [2.05, 4.69) is 29.6 Å². The normalized spacial score (nSPS) is 23.3. The number of carbonyl (C=O) groups excluding carboxylic acids is 2. The van der Waals surface area contributed by atoms with Crippen molar-refractivity contribution in [3.63, 3.8) is 0 Å². The number of aliphatic carboxylic acids is 1. The summed E-state index contributed by atoms with van der Waals surface area (Å²) < 4.78 is 5.63. The molecule has 2 fully saturated rings. The minimum Gasteiger partial charge on any atom is -0.481 e. The Morgan fingerprint density at radius 2 is 1.65 bits per heavy atom. The SMILES string of the molecule is CCC(NC(=O)OCC1c2ccccc2-c2ccccc21)C(=O)N1C2CCC1(CC(=O)O)CC2. The van der Waals surface area contributed by atoms with E-state index in [1.807, 2.05) is 31.2 Å². The summed E-state index contributed by atoms with van der Waals surface area (Å²) in [7, 11) is 0. The van der Waals surface area contributed by atoms with Gasteiger partial charge in [0.15, 0.2) is 0 Å². The van der Waals surface area contributed by atoms with Gasteiger partial charge in [-0.2, -0.15) is 0 Å². The summed E-state index contributed by atoms with van der Waals surface area (Å²) in [6, 6.07) is 15.6. The second kappa shape index (κ2) is 8.78. The minimum atomic E-state index is -0.891. The van der Waals surface area contributed by atoms with Gasteiger partial charge in [-0.25, -0.2) is 4.79 Å². The molecule has 0 spiro atoms. The van der Waals surface area contributed by atoms with E-state index in [1.54, 1.807) is 4.90 Å². The van der Waals surface area contributed by atoms with Gasteiger partial charge >= 0.3 is 12.1 Å². The van der Waals surface area contributed by atoms with Gasteiger partial charge in [-0.3, -0.25) is 9.59 Å². The molecule has 0 saturated carbocycles. The van der Waals surface area contributed by atoms with Gasteiger partial charge in [-0.1, -0.05) is 55.5 Å². The Hall–Kier alpha value is -3.35. The molecule has 34 heavy (non-hydrogen) atoms. The summed E-state index contributed by atoms with van der Waals surface area (Å²) in [6.45, 7) is 2.02. The van der Waals surface area contributed by atoms with Crippen molar-refractivity contribution in [1.29, 1.82) is 0 Å². The van der Waals surface area contributed by atoms with Crippen molar-refractivity contribution in [2.75, 3.05) is 6.61 Å². The monoisotopic (exact) mass is 462 g/mol.